The third-order valence-electron chi connectivity index (χ3n) is 4.11. The van der Waals surface area contributed by atoms with E-state index in [-0.39, 0.29) is 5.91 Å². The fourth-order valence-corrected chi connectivity index (χ4v) is 2.86. The van der Waals surface area contributed by atoms with Crippen LogP contribution in [0.5, 0.6) is 0 Å². The van der Waals surface area contributed by atoms with Crippen LogP contribution in [0.15, 0.2) is 60.8 Å². The standard InChI is InChI=1S/C21H20ClN3O/c1-14-5-3-4-6-16(14)12-21(26)24-18-8-10-20(23-13-18)25-19-9-7-17(22)11-15(19)2/h3-11,13H,12H2,1-2H3,(H,23,25)(H,24,26). The molecule has 26 heavy (non-hydrogen) atoms. The number of hydrogen-bond acceptors (Lipinski definition) is 3. The van der Waals surface area contributed by atoms with Crippen LogP contribution in [0.25, 0.3) is 0 Å². The van der Waals surface area contributed by atoms with E-state index in [0.29, 0.717) is 22.9 Å². The molecule has 0 atom stereocenters. The molecule has 0 fully saturated rings. The van der Waals surface area contributed by atoms with Crippen LogP contribution in [-0.4, -0.2) is 10.9 Å². The number of anilines is 3. The predicted octanol–water partition coefficient (Wildman–Crippen LogP) is 5.28. The molecule has 2 N–H and O–H groups in total. The number of benzene rings is 2. The molecule has 0 spiro atoms. The summed E-state index contributed by atoms with van der Waals surface area (Å²) >= 11 is 5.97. The average molecular weight is 366 g/mol. The second kappa shape index (κ2) is 8.02. The van der Waals surface area contributed by atoms with E-state index in [1.807, 2.05) is 68.4 Å². The van der Waals surface area contributed by atoms with E-state index < -0.39 is 0 Å². The second-order valence-electron chi connectivity index (χ2n) is 6.17. The molecule has 0 unspecified atom stereocenters. The summed E-state index contributed by atoms with van der Waals surface area (Å²) in [5.74, 6) is 0.641. The van der Waals surface area contributed by atoms with Crippen molar-refractivity contribution in [2.45, 2.75) is 20.3 Å². The van der Waals surface area contributed by atoms with Crippen molar-refractivity contribution < 1.29 is 4.79 Å². The Labute approximate surface area is 158 Å². The first-order chi connectivity index (χ1) is 12.5. The molecule has 0 radical (unpaired) electrons. The van der Waals surface area contributed by atoms with Gasteiger partial charge in [0.2, 0.25) is 5.91 Å². The molecule has 3 rings (SSSR count). The third-order valence-corrected chi connectivity index (χ3v) is 4.35. The highest BCUT2D eigenvalue weighted by Crippen LogP contribution is 2.23. The quantitative estimate of drug-likeness (QED) is 0.647. The Bertz CT molecular complexity index is 923. The molecule has 1 heterocycles. The summed E-state index contributed by atoms with van der Waals surface area (Å²) in [6, 6.07) is 17.2. The summed E-state index contributed by atoms with van der Waals surface area (Å²) in [6.07, 6.45) is 1.99. The Kier molecular flexibility index (Phi) is 5.54. The molecule has 0 saturated heterocycles. The smallest absolute Gasteiger partial charge is 0.228 e. The van der Waals surface area contributed by atoms with Crippen molar-refractivity contribution in [3.63, 3.8) is 0 Å². The van der Waals surface area contributed by atoms with Crippen molar-refractivity contribution in [2.24, 2.45) is 0 Å². The van der Waals surface area contributed by atoms with Gasteiger partial charge in [-0.3, -0.25) is 4.79 Å². The number of amides is 1. The highest BCUT2D eigenvalue weighted by Gasteiger charge is 2.07. The molecule has 1 aromatic heterocycles. The highest BCUT2D eigenvalue weighted by molar-refractivity contribution is 6.30. The fraction of sp³-hybridized carbons (Fsp3) is 0.143. The van der Waals surface area contributed by atoms with E-state index in [0.717, 1.165) is 22.4 Å². The largest absolute Gasteiger partial charge is 0.340 e. The zero-order valence-electron chi connectivity index (χ0n) is 14.7. The number of nitrogens with one attached hydrogen (secondary N) is 2. The van der Waals surface area contributed by atoms with Crippen LogP contribution in [0.2, 0.25) is 5.02 Å². The van der Waals surface area contributed by atoms with Gasteiger partial charge in [0.05, 0.1) is 18.3 Å². The number of aryl methyl sites for hydroxylation is 2. The summed E-state index contributed by atoms with van der Waals surface area (Å²) in [6.45, 7) is 3.98. The van der Waals surface area contributed by atoms with E-state index in [2.05, 4.69) is 15.6 Å². The van der Waals surface area contributed by atoms with Crippen LogP contribution in [0.3, 0.4) is 0 Å². The van der Waals surface area contributed by atoms with Crippen molar-refractivity contribution in [3.05, 3.63) is 82.5 Å². The van der Waals surface area contributed by atoms with Gasteiger partial charge in [0, 0.05) is 10.7 Å². The summed E-state index contributed by atoms with van der Waals surface area (Å²) < 4.78 is 0. The zero-order valence-corrected chi connectivity index (χ0v) is 15.5. The molecule has 3 aromatic rings. The van der Waals surface area contributed by atoms with Gasteiger partial charge in [-0.2, -0.15) is 0 Å². The van der Waals surface area contributed by atoms with Crippen molar-refractivity contribution in [2.75, 3.05) is 10.6 Å². The van der Waals surface area contributed by atoms with E-state index in [4.69, 9.17) is 11.6 Å². The Balaban J connectivity index is 1.62. The lowest BCUT2D eigenvalue weighted by Crippen LogP contribution is -2.15. The highest BCUT2D eigenvalue weighted by atomic mass is 35.5. The van der Waals surface area contributed by atoms with Gasteiger partial charge in [0.25, 0.3) is 0 Å². The van der Waals surface area contributed by atoms with Gasteiger partial charge >= 0.3 is 0 Å². The average Bonchev–Trinajstić information content (AvgIpc) is 2.61. The van der Waals surface area contributed by atoms with Crippen LogP contribution < -0.4 is 10.6 Å². The number of carbonyl (C=O) groups excluding carboxylic acids is 1. The van der Waals surface area contributed by atoms with Crippen molar-refractivity contribution in [1.82, 2.24) is 4.98 Å². The van der Waals surface area contributed by atoms with E-state index >= 15 is 0 Å². The SMILES string of the molecule is Cc1ccccc1CC(=O)Nc1ccc(Nc2ccc(Cl)cc2C)nc1. The number of hydrogen-bond donors (Lipinski definition) is 2. The monoisotopic (exact) mass is 365 g/mol. The minimum Gasteiger partial charge on any atom is -0.340 e. The summed E-state index contributed by atoms with van der Waals surface area (Å²) in [5.41, 5.74) is 4.78. The molecule has 4 nitrogen and oxygen atoms in total. The number of carbonyl (C=O) groups is 1. The lowest BCUT2D eigenvalue weighted by Gasteiger charge is -2.10. The first-order valence-electron chi connectivity index (χ1n) is 8.35. The maximum Gasteiger partial charge on any atom is 0.228 e. The Morgan fingerprint density at radius 1 is 1.04 bits per heavy atom. The lowest BCUT2D eigenvalue weighted by atomic mass is 10.1. The minimum absolute atomic E-state index is 0.0599. The Morgan fingerprint density at radius 2 is 1.85 bits per heavy atom. The van der Waals surface area contributed by atoms with Gasteiger partial charge in [-0.1, -0.05) is 35.9 Å². The first-order valence-corrected chi connectivity index (χ1v) is 8.72. The molecule has 0 aliphatic carbocycles. The van der Waals surface area contributed by atoms with Crippen molar-refractivity contribution >= 4 is 34.7 Å². The third kappa shape index (κ3) is 4.61. The molecule has 0 aliphatic rings. The Morgan fingerprint density at radius 3 is 2.54 bits per heavy atom. The molecule has 5 heteroatoms. The molecular weight excluding hydrogens is 346 g/mol. The molecule has 132 valence electrons. The Hall–Kier alpha value is -2.85. The summed E-state index contributed by atoms with van der Waals surface area (Å²) in [7, 11) is 0. The van der Waals surface area contributed by atoms with Crippen LogP contribution in [0.1, 0.15) is 16.7 Å². The van der Waals surface area contributed by atoms with Crippen LogP contribution in [0, 0.1) is 13.8 Å². The van der Waals surface area contributed by atoms with Crippen molar-refractivity contribution in [1.29, 1.82) is 0 Å². The van der Waals surface area contributed by atoms with Crippen LogP contribution in [-0.2, 0) is 11.2 Å². The summed E-state index contributed by atoms with van der Waals surface area (Å²) in [4.78, 5) is 16.6. The van der Waals surface area contributed by atoms with E-state index in [1.54, 1.807) is 6.20 Å². The van der Waals surface area contributed by atoms with Gasteiger partial charge in [-0.05, 0) is 60.9 Å². The number of pyridine rings is 1. The topological polar surface area (TPSA) is 54.0 Å². The maximum atomic E-state index is 12.2. The molecular formula is C21H20ClN3O. The molecule has 0 bridgehead atoms. The summed E-state index contributed by atoms with van der Waals surface area (Å²) in [5, 5.41) is 6.83. The minimum atomic E-state index is -0.0599. The molecule has 2 aromatic carbocycles. The number of halogens is 1. The molecule has 0 saturated carbocycles. The normalized spacial score (nSPS) is 10.4. The van der Waals surface area contributed by atoms with E-state index in [1.165, 1.54) is 0 Å². The second-order valence-corrected chi connectivity index (χ2v) is 6.60. The van der Waals surface area contributed by atoms with Gasteiger partial charge in [0.1, 0.15) is 5.82 Å². The predicted molar refractivity (Wildman–Crippen MR) is 107 cm³/mol. The van der Waals surface area contributed by atoms with Gasteiger partial charge in [-0.15, -0.1) is 0 Å². The maximum absolute atomic E-state index is 12.2. The lowest BCUT2D eigenvalue weighted by molar-refractivity contribution is -0.115. The zero-order chi connectivity index (χ0) is 18.5. The van der Waals surface area contributed by atoms with Crippen molar-refractivity contribution in [3.8, 4) is 0 Å². The molecule has 0 aliphatic heterocycles. The van der Waals surface area contributed by atoms with Gasteiger partial charge < -0.3 is 10.6 Å². The van der Waals surface area contributed by atoms with Gasteiger partial charge in [-0.25, -0.2) is 4.98 Å². The first kappa shape index (κ1) is 18.0. The van der Waals surface area contributed by atoms with E-state index in [9.17, 15) is 4.79 Å². The van der Waals surface area contributed by atoms with Crippen LogP contribution in [0.4, 0.5) is 17.2 Å². The number of rotatable bonds is 5. The van der Waals surface area contributed by atoms with Gasteiger partial charge in [0.15, 0.2) is 0 Å². The number of nitrogens with zero attached hydrogens (tertiary/aromatic N) is 1. The number of aromatic nitrogens is 1. The fourth-order valence-electron chi connectivity index (χ4n) is 2.63. The van der Waals surface area contributed by atoms with Crippen LogP contribution >= 0.6 is 11.6 Å². The molecule has 1 amide bonds.